The first kappa shape index (κ1) is 20.5. The summed E-state index contributed by atoms with van der Waals surface area (Å²) in [5.74, 6) is -0.534. The van der Waals surface area contributed by atoms with E-state index in [0.717, 1.165) is 11.1 Å². The van der Waals surface area contributed by atoms with E-state index >= 15 is 0 Å². The molecule has 2 aromatic carbocycles. The molecule has 2 rings (SSSR count). The zero-order valence-corrected chi connectivity index (χ0v) is 16.0. The van der Waals surface area contributed by atoms with Gasteiger partial charge in [-0.15, -0.1) is 0 Å². The van der Waals surface area contributed by atoms with Gasteiger partial charge in [0.25, 0.3) is 0 Å². The second-order valence-electron chi connectivity index (χ2n) is 6.16. The number of carbonyl (C=O) groups is 3. The lowest BCUT2D eigenvalue weighted by atomic mass is 10.0. The van der Waals surface area contributed by atoms with Crippen molar-refractivity contribution >= 4 is 35.0 Å². The highest BCUT2D eigenvalue weighted by Gasteiger charge is 2.17. The van der Waals surface area contributed by atoms with Gasteiger partial charge in [0.1, 0.15) is 0 Å². The zero-order valence-electron chi connectivity index (χ0n) is 15.2. The molecule has 0 radical (unpaired) electrons. The van der Waals surface area contributed by atoms with Crippen LogP contribution in [0.15, 0.2) is 48.5 Å². The molecule has 0 bridgehead atoms. The van der Waals surface area contributed by atoms with E-state index in [4.69, 9.17) is 11.6 Å². The van der Waals surface area contributed by atoms with Crippen LogP contribution in [0.2, 0.25) is 5.02 Å². The maximum atomic E-state index is 12.3. The van der Waals surface area contributed by atoms with Gasteiger partial charge in [0.2, 0.25) is 17.7 Å². The lowest BCUT2D eigenvalue weighted by Gasteiger charge is -2.18. The van der Waals surface area contributed by atoms with E-state index in [2.05, 4.69) is 16.0 Å². The molecule has 2 aromatic rings. The molecule has 142 valence electrons. The van der Waals surface area contributed by atoms with Gasteiger partial charge in [-0.25, -0.2) is 0 Å². The second-order valence-corrected chi connectivity index (χ2v) is 6.60. The summed E-state index contributed by atoms with van der Waals surface area (Å²) in [5, 5.41) is 8.91. The van der Waals surface area contributed by atoms with Crippen LogP contribution in [0.25, 0.3) is 0 Å². The Morgan fingerprint density at radius 3 is 2.11 bits per heavy atom. The lowest BCUT2D eigenvalue weighted by molar-refractivity contribution is -0.123. The van der Waals surface area contributed by atoms with Crippen molar-refractivity contribution in [3.8, 4) is 0 Å². The van der Waals surface area contributed by atoms with E-state index in [1.165, 1.54) is 13.8 Å². The van der Waals surface area contributed by atoms with Crippen LogP contribution < -0.4 is 16.0 Å². The van der Waals surface area contributed by atoms with Crippen LogP contribution in [-0.4, -0.2) is 17.7 Å². The van der Waals surface area contributed by atoms with Gasteiger partial charge in [-0.3, -0.25) is 14.4 Å². The summed E-state index contributed by atoms with van der Waals surface area (Å²) < 4.78 is 0. The van der Waals surface area contributed by atoms with E-state index in [0.29, 0.717) is 17.3 Å². The second kappa shape index (κ2) is 9.73. The maximum Gasteiger partial charge on any atom is 0.222 e. The fourth-order valence-electron chi connectivity index (χ4n) is 2.56. The van der Waals surface area contributed by atoms with Gasteiger partial charge >= 0.3 is 0 Å². The Morgan fingerprint density at radius 1 is 0.926 bits per heavy atom. The standard InChI is InChI=1S/C20H22ClN3O3/c1-13(25)23-18-9-3-15(4-10-18)12-22-20(27)11-19(24-14(2)26)16-5-7-17(21)8-6-16/h3-10,19H,11-12H2,1-2H3,(H,22,27)(H,23,25)(H,24,26)/t19-/m1/s1. The summed E-state index contributed by atoms with van der Waals surface area (Å²) in [7, 11) is 0. The van der Waals surface area contributed by atoms with Crippen molar-refractivity contribution in [1.29, 1.82) is 0 Å². The molecular formula is C20H22ClN3O3. The van der Waals surface area contributed by atoms with Gasteiger partial charge < -0.3 is 16.0 Å². The molecule has 3 N–H and O–H groups in total. The third-order valence-corrected chi connectivity index (χ3v) is 4.06. The quantitative estimate of drug-likeness (QED) is 0.681. The van der Waals surface area contributed by atoms with Crippen LogP contribution in [0.4, 0.5) is 5.69 Å². The summed E-state index contributed by atoms with van der Waals surface area (Å²) in [4.78, 5) is 34.8. The van der Waals surface area contributed by atoms with Crippen LogP contribution >= 0.6 is 11.6 Å². The molecule has 0 saturated carbocycles. The molecule has 3 amide bonds. The van der Waals surface area contributed by atoms with E-state index in [1.807, 2.05) is 12.1 Å². The Hall–Kier alpha value is -2.86. The molecule has 0 spiro atoms. The fourth-order valence-corrected chi connectivity index (χ4v) is 2.69. The Balaban J connectivity index is 1.94. The number of anilines is 1. The SMILES string of the molecule is CC(=O)Nc1ccc(CNC(=O)C[C@@H](NC(C)=O)c2ccc(Cl)cc2)cc1. The van der Waals surface area contributed by atoms with Gasteiger partial charge in [-0.2, -0.15) is 0 Å². The monoisotopic (exact) mass is 387 g/mol. The zero-order chi connectivity index (χ0) is 19.8. The summed E-state index contributed by atoms with van der Waals surface area (Å²) in [5.41, 5.74) is 2.41. The van der Waals surface area contributed by atoms with Crippen molar-refractivity contribution in [2.45, 2.75) is 32.9 Å². The molecule has 0 aliphatic heterocycles. The summed E-state index contributed by atoms with van der Waals surface area (Å²) in [6.07, 6.45) is 0.116. The molecule has 6 nitrogen and oxygen atoms in total. The van der Waals surface area contributed by atoms with E-state index in [-0.39, 0.29) is 24.1 Å². The highest BCUT2D eigenvalue weighted by molar-refractivity contribution is 6.30. The first-order valence-electron chi connectivity index (χ1n) is 8.49. The fraction of sp³-hybridized carbons (Fsp3) is 0.250. The highest BCUT2D eigenvalue weighted by atomic mass is 35.5. The number of amides is 3. The Kier molecular flexibility index (Phi) is 7.37. The minimum absolute atomic E-state index is 0.116. The van der Waals surface area contributed by atoms with Gasteiger partial charge in [0, 0.05) is 31.1 Å². The van der Waals surface area contributed by atoms with Crippen molar-refractivity contribution in [2.75, 3.05) is 5.32 Å². The van der Waals surface area contributed by atoms with Crippen LogP contribution in [0.5, 0.6) is 0 Å². The van der Waals surface area contributed by atoms with Gasteiger partial charge in [-0.05, 0) is 35.4 Å². The normalized spacial score (nSPS) is 11.4. The third kappa shape index (κ3) is 7.11. The molecule has 0 aliphatic rings. The molecule has 27 heavy (non-hydrogen) atoms. The highest BCUT2D eigenvalue weighted by Crippen LogP contribution is 2.19. The number of hydrogen-bond acceptors (Lipinski definition) is 3. The number of halogens is 1. The van der Waals surface area contributed by atoms with Gasteiger partial charge in [0.15, 0.2) is 0 Å². The minimum atomic E-state index is -0.429. The average molecular weight is 388 g/mol. The van der Waals surface area contributed by atoms with Crippen molar-refractivity contribution in [3.05, 3.63) is 64.7 Å². The van der Waals surface area contributed by atoms with Crippen molar-refractivity contribution in [3.63, 3.8) is 0 Å². The van der Waals surface area contributed by atoms with Gasteiger partial charge in [-0.1, -0.05) is 35.9 Å². The molecule has 0 aliphatic carbocycles. The van der Waals surface area contributed by atoms with Crippen LogP contribution in [0.1, 0.15) is 37.4 Å². The first-order valence-corrected chi connectivity index (χ1v) is 8.87. The number of nitrogens with one attached hydrogen (secondary N) is 3. The molecule has 0 saturated heterocycles. The predicted molar refractivity (Wildman–Crippen MR) is 105 cm³/mol. The molecule has 1 atom stereocenters. The van der Waals surface area contributed by atoms with Crippen LogP contribution in [0.3, 0.4) is 0 Å². The van der Waals surface area contributed by atoms with Gasteiger partial charge in [0.05, 0.1) is 12.5 Å². The Morgan fingerprint density at radius 2 is 1.56 bits per heavy atom. The van der Waals surface area contributed by atoms with Crippen LogP contribution in [0, 0.1) is 0 Å². The molecular weight excluding hydrogens is 366 g/mol. The summed E-state index contributed by atoms with van der Waals surface area (Å²) in [6, 6.07) is 13.8. The summed E-state index contributed by atoms with van der Waals surface area (Å²) >= 11 is 5.89. The number of hydrogen-bond donors (Lipinski definition) is 3. The smallest absolute Gasteiger partial charge is 0.222 e. The minimum Gasteiger partial charge on any atom is -0.352 e. The number of rotatable bonds is 7. The number of benzene rings is 2. The largest absolute Gasteiger partial charge is 0.352 e. The van der Waals surface area contributed by atoms with E-state index in [1.54, 1.807) is 36.4 Å². The Bertz CT molecular complexity index is 804. The first-order chi connectivity index (χ1) is 12.8. The molecule has 0 heterocycles. The predicted octanol–water partition coefficient (Wildman–Crippen LogP) is 3.18. The van der Waals surface area contributed by atoms with Crippen molar-refractivity contribution < 1.29 is 14.4 Å². The third-order valence-electron chi connectivity index (χ3n) is 3.80. The lowest BCUT2D eigenvalue weighted by Crippen LogP contribution is -2.32. The van der Waals surface area contributed by atoms with Crippen molar-refractivity contribution in [1.82, 2.24) is 10.6 Å². The van der Waals surface area contributed by atoms with E-state index < -0.39 is 6.04 Å². The molecule has 0 aromatic heterocycles. The average Bonchev–Trinajstić information content (AvgIpc) is 2.60. The molecule has 7 heteroatoms. The Labute approximate surface area is 163 Å². The number of carbonyl (C=O) groups excluding carboxylic acids is 3. The topological polar surface area (TPSA) is 87.3 Å². The molecule has 0 fully saturated rings. The molecule has 0 unspecified atom stereocenters. The van der Waals surface area contributed by atoms with Crippen LogP contribution in [-0.2, 0) is 20.9 Å². The van der Waals surface area contributed by atoms with Crippen molar-refractivity contribution in [2.24, 2.45) is 0 Å². The maximum absolute atomic E-state index is 12.3. The summed E-state index contributed by atoms with van der Waals surface area (Å²) in [6.45, 7) is 3.21. The van der Waals surface area contributed by atoms with E-state index in [9.17, 15) is 14.4 Å².